The van der Waals surface area contributed by atoms with Gasteiger partial charge in [0, 0.05) is 19.2 Å². The zero-order valence-electron chi connectivity index (χ0n) is 11.7. The van der Waals surface area contributed by atoms with E-state index in [1.807, 2.05) is 11.5 Å². The van der Waals surface area contributed by atoms with Crippen molar-refractivity contribution in [1.82, 2.24) is 20.2 Å². The van der Waals surface area contributed by atoms with Gasteiger partial charge in [-0.05, 0) is 19.1 Å². The standard InChI is InChI=1S/C14H17FN4O2/c1-2-16-14(20)17-6-10-7-21-8-13-18-11-5-9(15)3-4-12(11)19(10)13/h3-5,10H,2,6-8H2,1H3,(H2,16,17,20)/t10-/m0/s1. The Morgan fingerprint density at radius 2 is 2.38 bits per heavy atom. The van der Waals surface area contributed by atoms with E-state index in [4.69, 9.17) is 4.74 Å². The third-order valence-corrected chi connectivity index (χ3v) is 3.47. The van der Waals surface area contributed by atoms with Crippen LogP contribution in [0.1, 0.15) is 18.8 Å². The van der Waals surface area contributed by atoms with Gasteiger partial charge >= 0.3 is 6.03 Å². The Morgan fingerprint density at radius 1 is 1.52 bits per heavy atom. The fourth-order valence-corrected chi connectivity index (χ4v) is 2.58. The predicted octanol–water partition coefficient (Wildman–Crippen LogP) is 1.57. The molecule has 1 aliphatic heterocycles. The molecule has 0 spiro atoms. The topological polar surface area (TPSA) is 68.2 Å². The van der Waals surface area contributed by atoms with E-state index in [-0.39, 0.29) is 17.9 Å². The van der Waals surface area contributed by atoms with Gasteiger partial charge in [0.05, 0.1) is 23.7 Å². The first-order valence-electron chi connectivity index (χ1n) is 6.95. The van der Waals surface area contributed by atoms with Crippen molar-refractivity contribution in [3.8, 4) is 0 Å². The molecule has 0 saturated carbocycles. The van der Waals surface area contributed by atoms with E-state index in [2.05, 4.69) is 15.6 Å². The average molecular weight is 292 g/mol. The highest BCUT2D eigenvalue weighted by molar-refractivity contribution is 5.76. The quantitative estimate of drug-likeness (QED) is 0.902. The van der Waals surface area contributed by atoms with E-state index in [9.17, 15) is 9.18 Å². The molecule has 0 aliphatic carbocycles. The van der Waals surface area contributed by atoms with Crippen molar-refractivity contribution in [3.05, 3.63) is 29.8 Å². The molecule has 0 fully saturated rings. The number of carbonyl (C=O) groups excluding carboxylic acids is 1. The number of urea groups is 1. The summed E-state index contributed by atoms with van der Waals surface area (Å²) in [5, 5.41) is 5.49. The van der Waals surface area contributed by atoms with Gasteiger partial charge in [0.15, 0.2) is 0 Å². The monoisotopic (exact) mass is 292 g/mol. The summed E-state index contributed by atoms with van der Waals surface area (Å²) in [6.45, 7) is 3.75. The fourth-order valence-electron chi connectivity index (χ4n) is 2.58. The smallest absolute Gasteiger partial charge is 0.314 e. The van der Waals surface area contributed by atoms with Crippen molar-refractivity contribution < 1.29 is 13.9 Å². The van der Waals surface area contributed by atoms with E-state index in [1.165, 1.54) is 12.1 Å². The summed E-state index contributed by atoms with van der Waals surface area (Å²) < 4.78 is 20.8. The Bertz CT molecular complexity index is 670. The Hall–Kier alpha value is -2.15. The fraction of sp³-hybridized carbons (Fsp3) is 0.429. The van der Waals surface area contributed by atoms with Crippen LogP contribution in [0.5, 0.6) is 0 Å². The molecule has 7 heteroatoms. The lowest BCUT2D eigenvalue weighted by Crippen LogP contribution is -2.40. The van der Waals surface area contributed by atoms with Crippen LogP contribution in [0.4, 0.5) is 9.18 Å². The van der Waals surface area contributed by atoms with E-state index in [0.717, 1.165) is 11.3 Å². The lowest BCUT2D eigenvalue weighted by Gasteiger charge is -2.26. The summed E-state index contributed by atoms with van der Waals surface area (Å²) in [7, 11) is 0. The zero-order chi connectivity index (χ0) is 14.8. The maximum atomic E-state index is 13.3. The van der Waals surface area contributed by atoms with Gasteiger partial charge in [-0.3, -0.25) is 0 Å². The Balaban J connectivity index is 1.86. The zero-order valence-corrected chi connectivity index (χ0v) is 11.7. The molecule has 0 unspecified atom stereocenters. The number of ether oxygens (including phenoxy) is 1. The van der Waals surface area contributed by atoms with Gasteiger partial charge < -0.3 is 19.9 Å². The molecule has 1 atom stereocenters. The molecule has 1 aromatic heterocycles. The van der Waals surface area contributed by atoms with Crippen molar-refractivity contribution in [1.29, 1.82) is 0 Å². The van der Waals surface area contributed by atoms with Gasteiger partial charge in [0.1, 0.15) is 18.2 Å². The minimum atomic E-state index is -0.309. The number of aromatic nitrogens is 2. The molecule has 2 N–H and O–H groups in total. The molecule has 0 radical (unpaired) electrons. The Kier molecular flexibility index (Phi) is 3.74. The molecular weight excluding hydrogens is 275 g/mol. The molecule has 2 aromatic rings. The van der Waals surface area contributed by atoms with Gasteiger partial charge in [-0.2, -0.15) is 0 Å². The lowest BCUT2D eigenvalue weighted by atomic mass is 10.2. The number of hydrogen-bond donors (Lipinski definition) is 2. The maximum absolute atomic E-state index is 13.3. The first-order chi connectivity index (χ1) is 10.2. The van der Waals surface area contributed by atoms with Crippen molar-refractivity contribution in [3.63, 3.8) is 0 Å². The number of carbonyl (C=O) groups is 1. The van der Waals surface area contributed by atoms with Gasteiger partial charge in [0.25, 0.3) is 0 Å². The van der Waals surface area contributed by atoms with E-state index in [1.54, 1.807) is 6.07 Å². The molecule has 1 aromatic carbocycles. The van der Waals surface area contributed by atoms with Crippen LogP contribution in [0.3, 0.4) is 0 Å². The molecule has 0 saturated heterocycles. The normalized spacial score (nSPS) is 17.5. The van der Waals surface area contributed by atoms with Crippen molar-refractivity contribution in [2.24, 2.45) is 0 Å². The number of nitrogens with zero attached hydrogens (tertiary/aromatic N) is 2. The van der Waals surface area contributed by atoms with Crippen molar-refractivity contribution in [2.75, 3.05) is 19.7 Å². The molecule has 112 valence electrons. The number of nitrogens with one attached hydrogen (secondary N) is 2. The second kappa shape index (κ2) is 5.69. The second-order valence-corrected chi connectivity index (χ2v) is 4.94. The molecule has 3 rings (SSSR count). The largest absolute Gasteiger partial charge is 0.371 e. The molecular formula is C14H17FN4O2. The summed E-state index contributed by atoms with van der Waals surface area (Å²) in [5.74, 6) is 0.445. The minimum absolute atomic E-state index is 0.0492. The van der Waals surface area contributed by atoms with Crippen LogP contribution in [0.15, 0.2) is 18.2 Å². The first-order valence-corrected chi connectivity index (χ1v) is 6.95. The van der Waals surface area contributed by atoms with Crippen LogP contribution >= 0.6 is 0 Å². The Labute approximate surface area is 121 Å². The van der Waals surface area contributed by atoms with Crippen LogP contribution in [0.2, 0.25) is 0 Å². The molecule has 2 heterocycles. The van der Waals surface area contributed by atoms with Gasteiger partial charge in [-0.1, -0.05) is 0 Å². The van der Waals surface area contributed by atoms with Crippen LogP contribution < -0.4 is 10.6 Å². The molecule has 1 aliphatic rings. The minimum Gasteiger partial charge on any atom is -0.371 e. The molecule has 2 amide bonds. The number of rotatable bonds is 3. The predicted molar refractivity (Wildman–Crippen MR) is 75.5 cm³/mol. The summed E-state index contributed by atoms with van der Waals surface area (Å²) in [5.41, 5.74) is 1.47. The molecule has 6 nitrogen and oxygen atoms in total. The van der Waals surface area contributed by atoms with Crippen molar-refractivity contribution in [2.45, 2.75) is 19.6 Å². The highest BCUT2D eigenvalue weighted by Gasteiger charge is 2.24. The summed E-state index contributed by atoms with van der Waals surface area (Å²) >= 11 is 0. The van der Waals surface area contributed by atoms with E-state index in [0.29, 0.717) is 31.8 Å². The van der Waals surface area contributed by atoms with Gasteiger partial charge in [-0.25, -0.2) is 14.2 Å². The van der Waals surface area contributed by atoms with Crippen LogP contribution in [0, 0.1) is 5.82 Å². The molecule has 21 heavy (non-hydrogen) atoms. The number of benzene rings is 1. The maximum Gasteiger partial charge on any atom is 0.314 e. The van der Waals surface area contributed by atoms with Crippen LogP contribution in [0.25, 0.3) is 11.0 Å². The third-order valence-electron chi connectivity index (χ3n) is 3.47. The van der Waals surface area contributed by atoms with E-state index >= 15 is 0 Å². The Morgan fingerprint density at radius 3 is 3.19 bits per heavy atom. The number of halogens is 1. The summed E-state index contributed by atoms with van der Waals surface area (Å²) in [4.78, 5) is 15.9. The van der Waals surface area contributed by atoms with E-state index < -0.39 is 0 Å². The number of fused-ring (bicyclic) bond motifs is 3. The number of amides is 2. The number of hydrogen-bond acceptors (Lipinski definition) is 3. The first kappa shape index (κ1) is 13.8. The summed E-state index contributed by atoms with van der Waals surface area (Å²) in [6.07, 6.45) is 0. The highest BCUT2D eigenvalue weighted by atomic mass is 19.1. The van der Waals surface area contributed by atoms with Gasteiger partial charge in [0.2, 0.25) is 0 Å². The highest BCUT2D eigenvalue weighted by Crippen LogP contribution is 2.26. The van der Waals surface area contributed by atoms with Crippen LogP contribution in [-0.2, 0) is 11.3 Å². The summed E-state index contributed by atoms with van der Waals surface area (Å²) in [6, 6.07) is 4.29. The van der Waals surface area contributed by atoms with Gasteiger partial charge in [-0.15, -0.1) is 0 Å². The van der Waals surface area contributed by atoms with Crippen LogP contribution in [-0.4, -0.2) is 35.3 Å². The average Bonchev–Trinajstić information content (AvgIpc) is 2.83. The lowest BCUT2D eigenvalue weighted by molar-refractivity contribution is 0.0572. The molecule has 0 bridgehead atoms. The van der Waals surface area contributed by atoms with Crippen molar-refractivity contribution >= 4 is 17.1 Å². The second-order valence-electron chi connectivity index (χ2n) is 4.94. The third kappa shape index (κ3) is 2.69. The number of imidazole rings is 1. The SMILES string of the molecule is CCNC(=O)NC[C@H]1COCc2nc3cc(F)ccc3n21.